The van der Waals surface area contributed by atoms with Crippen LogP contribution in [-0.2, 0) is 14.3 Å². The summed E-state index contributed by atoms with van der Waals surface area (Å²) in [6.45, 7) is 3.98. The molecule has 5 atom stereocenters. The zero-order valence-corrected chi connectivity index (χ0v) is 16.5. The number of carbonyl (C=O) groups excluding carboxylic acids is 2. The van der Waals surface area contributed by atoms with E-state index in [1.165, 1.54) is 6.08 Å². The van der Waals surface area contributed by atoms with Crippen LogP contribution in [0.5, 0.6) is 0 Å². The first-order valence-electron chi connectivity index (χ1n) is 9.41. The number of rotatable bonds is 1. The van der Waals surface area contributed by atoms with Crippen LogP contribution in [0, 0.1) is 5.92 Å². The molecule has 0 radical (unpaired) electrons. The van der Waals surface area contributed by atoms with E-state index in [-0.39, 0.29) is 17.8 Å². The summed E-state index contributed by atoms with van der Waals surface area (Å²) in [5.74, 6) is -1.15. The van der Waals surface area contributed by atoms with Crippen LogP contribution in [0.3, 0.4) is 0 Å². The van der Waals surface area contributed by atoms with Crippen molar-refractivity contribution in [2.24, 2.45) is 5.92 Å². The van der Waals surface area contributed by atoms with Gasteiger partial charge in [0, 0.05) is 24.7 Å². The lowest BCUT2D eigenvalue weighted by atomic mass is 9.90. The summed E-state index contributed by atoms with van der Waals surface area (Å²) in [6.07, 6.45) is 11.0. The van der Waals surface area contributed by atoms with Crippen molar-refractivity contribution in [1.82, 2.24) is 5.32 Å². The van der Waals surface area contributed by atoms with E-state index in [1.807, 2.05) is 25.2 Å². The van der Waals surface area contributed by atoms with Crippen LogP contribution in [0.25, 0.3) is 0 Å². The molecule has 148 valence electrons. The van der Waals surface area contributed by atoms with Crippen molar-refractivity contribution >= 4 is 23.0 Å². The Hall–Kier alpha value is -1.57. The predicted octanol–water partition coefficient (Wildman–Crippen LogP) is 3.08. The second-order valence-electron chi connectivity index (χ2n) is 7.57. The lowest BCUT2D eigenvalue weighted by Gasteiger charge is -2.43. The topological polar surface area (TPSA) is 84.9 Å². The van der Waals surface area contributed by atoms with E-state index in [0.29, 0.717) is 18.1 Å². The largest absolute Gasteiger partial charge is 0.459 e. The Balaban J connectivity index is 1.81. The molecule has 0 aromatic carbocycles. The number of nitrogens with one attached hydrogen (secondary N) is 1. The number of carbonyl (C=O) groups is 2. The van der Waals surface area contributed by atoms with Gasteiger partial charge in [-0.25, -0.2) is 4.79 Å². The number of amides is 1. The number of hydrogen-bond acceptors (Lipinski definition) is 6. The maximum absolute atomic E-state index is 12.3. The maximum Gasteiger partial charge on any atom is 0.331 e. The SMILES string of the molecule is CC1=C\C(=O)O[C@@H]2C[C@@H](CC[C@H](C)\C=C/C=C/1)O[C@@](O)([C@@H]1CSC(=O)N1)C2. The fraction of sp³-hybridized carbons (Fsp3) is 0.600. The summed E-state index contributed by atoms with van der Waals surface area (Å²) < 4.78 is 11.6. The van der Waals surface area contributed by atoms with Crippen LogP contribution < -0.4 is 5.32 Å². The van der Waals surface area contributed by atoms with Crippen molar-refractivity contribution in [2.75, 3.05) is 5.75 Å². The molecule has 2 saturated heterocycles. The smallest absolute Gasteiger partial charge is 0.331 e. The molecular formula is C20H27NO5S. The van der Waals surface area contributed by atoms with Gasteiger partial charge >= 0.3 is 5.97 Å². The minimum Gasteiger partial charge on any atom is -0.459 e. The first-order valence-corrected chi connectivity index (χ1v) is 10.4. The van der Waals surface area contributed by atoms with Crippen LogP contribution in [0.4, 0.5) is 4.79 Å². The zero-order chi connectivity index (χ0) is 19.4. The van der Waals surface area contributed by atoms with Gasteiger partial charge in [-0.15, -0.1) is 0 Å². The highest BCUT2D eigenvalue weighted by atomic mass is 32.2. The Labute approximate surface area is 164 Å². The van der Waals surface area contributed by atoms with Gasteiger partial charge in [0.2, 0.25) is 0 Å². The molecule has 0 aromatic heterocycles. The van der Waals surface area contributed by atoms with Gasteiger partial charge in [-0.3, -0.25) is 4.79 Å². The van der Waals surface area contributed by atoms with E-state index < -0.39 is 23.9 Å². The average Bonchev–Trinajstić information content (AvgIpc) is 3.03. The Kier molecular flexibility index (Phi) is 6.44. The van der Waals surface area contributed by atoms with Crippen LogP contribution >= 0.6 is 11.8 Å². The number of aliphatic hydroxyl groups is 1. The second kappa shape index (κ2) is 8.63. The van der Waals surface area contributed by atoms with Crippen molar-refractivity contribution in [3.05, 3.63) is 36.0 Å². The summed E-state index contributed by atoms with van der Waals surface area (Å²) in [7, 11) is 0. The van der Waals surface area contributed by atoms with Gasteiger partial charge in [-0.1, -0.05) is 43.0 Å². The molecule has 27 heavy (non-hydrogen) atoms. The molecule has 2 fully saturated rings. The van der Waals surface area contributed by atoms with E-state index >= 15 is 0 Å². The van der Waals surface area contributed by atoms with Gasteiger partial charge in [-0.05, 0) is 31.3 Å². The number of fused-ring (bicyclic) bond motifs is 2. The van der Waals surface area contributed by atoms with Crippen LogP contribution in [-0.4, -0.2) is 46.1 Å². The standard InChI is InChI=1S/C20H27NO5S/c1-13-5-3-4-6-14(2)9-18(22)25-16-10-15(8-7-13)26-20(24,11-16)17-12-27-19(23)21-17/h3-6,9,13,15-17,24H,7-8,10-12H2,1-2H3,(H,21,23)/b5-3-,6-4+,14-9-/t13-,15-,16-,17+,20-/m1/s1. The Morgan fingerprint density at radius 3 is 2.81 bits per heavy atom. The van der Waals surface area contributed by atoms with E-state index in [2.05, 4.69) is 18.3 Å². The monoisotopic (exact) mass is 393 g/mol. The normalized spacial score (nSPS) is 42.3. The summed E-state index contributed by atoms with van der Waals surface area (Å²) in [6, 6.07) is -0.504. The number of allylic oxidation sites excluding steroid dienone is 5. The minimum atomic E-state index is -1.53. The molecule has 6 nitrogen and oxygen atoms in total. The molecule has 7 heteroatoms. The predicted molar refractivity (Wildman–Crippen MR) is 104 cm³/mol. The average molecular weight is 394 g/mol. The van der Waals surface area contributed by atoms with Gasteiger partial charge in [0.25, 0.3) is 5.24 Å². The molecule has 0 aromatic rings. The molecule has 3 aliphatic heterocycles. The second-order valence-corrected chi connectivity index (χ2v) is 8.56. The van der Waals surface area contributed by atoms with Crippen molar-refractivity contribution in [3.8, 4) is 0 Å². The fourth-order valence-electron chi connectivity index (χ4n) is 3.64. The van der Waals surface area contributed by atoms with Gasteiger partial charge in [0.15, 0.2) is 5.79 Å². The van der Waals surface area contributed by atoms with Gasteiger partial charge in [0.1, 0.15) is 6.10 Å². The van der Waals surface area contributed by atoms with E-state index in [0.717, 1.165) is 30.2 Å². The fourth-order valence-corrected chi connectivity index (χ4v) is 4.53. The highest BCUT2D eigenvalue weighted by molar-refractivity contribution is 8.14. The van der Waals surface area contributed by atoms with Gasteiger partial charge in [0.05, 0.1) is 12.1 Å². The van der Waals surface area contributed by atoms with Crippen LogP contribution in [0.2, 0.25) is 0 Å². The van der Waals surface area contributed by atoms with E-state index in [4.69, 9.17) is 9.47 Å². The molecule has 0 unspecified atom stereocenters. The summed E-state index contributed by atoms with van der Waals surface area (Å²) >= 11 is 1.13. The molecule has 3 rings (SSSR count). The first-order chi connectivity index (χ1) is 12.8. The number of ether oxygens (including phenoxy) is 2. The van der Waals surface area contributed by atoms with Gasteiger partial charge < -0.3 is 19.9 Å². The minimum absolute atomic E-state index is 0.152. The Bertz CT molecular complexity index is 673. The van der Waals surface area contributed by atoms with E-state index in [1.54, 1.807) is 0 Å². The molecular weight excluding hydrogens is 366 g/mol. The van der Waals surface area contributed by atoms with Crippen LogP contribution in [0.15, 0.2) is 36.0 Å². The summed E-state index contributed by atoms with van der Waals surface area (Å²) in [4.78, 5) is 23.8. The first kappa shape index (κ1) is 20.2. The third-order valence-electron chi connectivity index (χ3n) is 5.12. The summed E-state index contributed by atoms with van der Waals surface area (Å²) in [5.41, 5.74) is 0.799. The highest BCUT2D eigenvalue weighted by Gasteiger charge is 2.49. The molecule has 0 spiro atoms. The number of thioether (sulfide) groups is 1. The third kappa shape index (κ3) is 5.46. The molecule has 1 amide bonds. The molecule has 0 aliphatic carbocycles. The lowest BCUT2D eigenvalue weighted by Crippen LogP contribution is -2.58. The van der Waals surface area contributed by atoms with Crippen LogP contribution in [0.1, 0.15) is 39.5 Å². The zero-order valence-electron chi connectivity index (χ0n) is 15.7. The molecule has 2 N–H and O–H groups in total. The lowest BCUT2D eigenvalue weighted by molar-refractivity contribution is -0.283. The molecule has 0 saturated carbocycles. The van der Waals surface area contributed by atoms with Gasteiger partial charge in [-0.2, -0.15) is 0 Å². The third-order valence-corrected chi connectivity index (χ3v) is 6.00. The highest BCUT2D eigenvalue weighted by Crippen LogP contribution is 2.36. The van der Waals surface area contributed by atoms with Crippen molar-refractivity contribution < 1.29 is 24.2 Å². The molecule has 3 heterocycles. The Morgan fingerprint density at radius 1 is 1.26 bits per heavy atom. The van der Waals surface area contributed by atoms with E-state index in [9.17, 15) is 14.7 Å². The quantitative estimate of drug-likeness (QED) is 0.666. The van der Waals surface area contributed by atoms with Crippen molar-refractivity contribution in [2.45, 2.75) is 63.6 Å². The number of esters is 1. The maximum atomic E-state index is 12.3. The number of hydrogen-bond donors (Lipinski definition) is 2. The molecule has 2 bridgehead atoms. The summed E-state index contributed by atoms with van der Waals surface area (Å²) in [5, 5.41) is 13.7. The molecule has 3 aliphatic rings. The van der Waals surface area contributed by atoms with Crippen molar-refractivity contribution in [1.29, 1.82) is 0 Å². The Morgan fingerprint density at radius 2 is 2.07 bits per heavy atom. The van der Waals surface area contributed by atoms with Crippen molar-refractivity contribution in [3.63, 3.8) is 0 Å².